The first-order valence-corrected chi connectivity index (χ1v) is 8.53. The first-order valence-electron chi connectivity index (χ1n) is 6.98. The molecule has 0 heterocycles. The van der Waals surface area contributed by atoms with Gasteiger partial charge in [-0.2, -0.15) is 0 Å². The maximum absolute atomic E-state index is 11.4. The highest BCUT2D eigenvalue weighted by atomic mass is 32.2. The quantitative estimate of drug-likeness (QED) is 0.837. The molecule has 1 saturated carbocycles. The molecule has 0 aromatic heterocycles. The number of hydrogen-bond acceptors (Lipinski definition) is 4. The van der Waals surface area contributed by atoms with E-state index in [-0.39, 0.29) is 4.90 Å². The van der Waals surface area contributed by atoms with Crippen LogP contribution in [0.5, 0.6) is 5.75 Å². The smallest absolute Gasteiger partial charge is 0.238 e. The summed E-state index contributed by atoms with van der Waals surface area (Å²) in [7, 11) is -2.12. The minimum atomic E-state index is -3.69. The van der Waals surface area contributed by atoms with E-state index in [0.29, 0.717) is 17.5 Å². The molecule has 3 N–H and O–H groups in total. The van der Waals surface area contributed by atoms with E-state index in [1.165, 1.54) is 31.7 Å². The van der Waals surface area contributed by atoms with Crippen LogP contribution in [0.4, 0.5) is 5.69 Å². The standard InChI is InChI=1S/C14H22N2O3S/c1-19-14-9-8-12(20(15,17)18)10-13(14)16-11-6-4-2-3-5-7-11/h8-11,16H,2-7H2,1H3,(H2,15,17,18). The summed E-state index contributed by atoms with van der Waals surface area (Å²) in [6.45, 7) is 0. The number of methoxy groups -OCH3 is 1. The van der Waals surface area contributed by atoms with E-state index in [4.69, 9.17) is 9.88 Å². The molecule has 1 aliphatic carbocycles. The van der Waals surface area contributed by atoms with Crippen molar-refractivity contribution in [2.75, 3.05) is 12.4 Å². The van der Waals surface area contributed by atoms with Gasteiger partial charge < -0.3 is 10.1 Å². The van der Waals surface area contributed by atoms with Gasteiger partial charge in [0.05, 0.1) is 17.7 Å². The normalized spacial score (nSPS) is 17.5. The van der Waals surface area contributed by atoms with Crippen molar-refractivity contribution in [3.63, 3.8) is 0 Å². The molecule has 0 aliphatic heterocycles. The highest BCUT2D eigenvalue weighted by Crippen LogP contribution is 2.30. The van der Waals surface area contributed by atoms with Crippen molar-refractivity contribution >= 4 is 15.7 Å². The van der Waals surface area contributed by atoms with Gasteiger partial charge >= 0.3 is 0 Å². The van der Waals surface area contributed by atoms with Gasteiger partial charge in [0.15, 0.2) is 0 Å². The molecule has 0 radical (unpaired) electrons. The molecule has 2 rings (SSSR count). The van der Waals surface area contributed by atoms with E-state index in [0.717, 1.165) is 12.8 Å². The second-order valence-corrected chi connectivity index (χ2v) is 6.80. The van der Waals surface area contributed by atoms with Crippen LogP contribution in [0.25, 0.3) is 0 Å². The number of nitrogens with two attached hydrogens (primary N) is 1. The predicted molar refractivity (Wildman–Crippen MR) is 79.5 cm³/mol. The number of anilines is 1. The Labute approximate surface area is 120 Å². The average molecular weight is 298 g/mol. The molecule has 0 bridgehead atoms. The number of rotatable bonds is 4. The van der Waals surface area contributed by atoms with Crippen LogP contribution in [0.1, 0.15) is 38.5 Å². The van der Waals surface area contributed by atoms with Crippen LogP contribution < -0.4 is 15.2 Å². The summed E-state index contributed by atoms with van der Waals surface area (Å²) in [5.74, 6) is 0.640. The van der Waals surface area contributed by atoms with Crippen LogP contribution in [-0.4, -0.2) is 21.6 Å². The second kappa shape index (κ2) is 6.45. The molecule has 20 heavy (non-hydrogen) atoms. The Balaban J connectivity index is 2.23. The van der Waals surface area contributed by atoms with Crippen molar-refractivity contribution in [2.45, 2.75) is 49.5 Å². The number of primary sulfonamides is 1. The Kier molecular flexibility index (Phi) is 4.88. The summed E-state index contributed by atoms with van der Waals surface area (Å²) in [5, 5.41) is 8.59. The molecule has 112 valence electrons. The summed E-state index contributed by atoms with van der Waals surface area (Å²) in [5.41, 5.74) is 0.700. The van der Waals surface area contributed by atoms with Crippen molar-refractivity contribution in [1.82, 2.24) is 0 Å². The Hall–Kier alpha value is -1.27. The van der Waals surface area contributed by atoms with Gasteiger partial charge in [0.1, 0.15) is 5.75 Å². The molecule has 0 unspecified atom stereocenters. The molecule has 1 aromatic rings. The lowest BCUT2D eigenvalue weighted by atomic mass is 10.1. The van der Waals surface area contributed by atoms with Gasteiger partial charge in [-0.05, 0) is 31.0 Å². The Morgan fingerprint density at radius 2 is 1.85 bits per heavy atom. The van der Waals surface area contributed by atoms with Gasteiger partial charge in [0.25, 0.3) is 0 Å². The summed E-state index contributed by atoms with van der Waals surface area (Å²) in [6, 6.07) is 5.02. The summed E-state index contributed by atoms with van der Waals surface area (Å²) in [6.07, 6.45) is 7.15. The van der Waals surface area contributed by atoms with Crippen LogP contribution in [0.2, 0.25) is 0 Å². The molecule has 0 spiro atoms. The second-order valence-electron chi connectivity index (χ2n) is 5.24. The van der Waals surface area contributed by atoms with Gasteiger partial charge in [0.2, 0.25) is 10.0 Å². The van der Waals surface area contributed by atoms with Gasteiger partial charge in [-0.1, -0.05) is 25.7 Å². The lowest BCUT2D eigenvalue weighted by Crippen LogP contribution is -2.19. The summed E-state index contributed by atoms with van der Waals surface area (Å²) < 4.78 is 28.2. The number of benzene rings is 1. The molecular formula is C14H22N2O3S. The van der Waals surface area contributed by atoms with Gasteiger partial charge in [-0.15, -0.1) is 0 Å². The third kappa shape index (κ3) is 3.86. The van der Waals surface area contributed by atoms with Crippen molar-refractivity contribution in [3.05, 3.63) is 18.2 Å². The lowest BCUT2D eigenvalue weighted by molar-refractivity contribution is 0.415. The fourth-order valence-corrected chi connectivity index (χ4v) is 3.16. The summed E-state index contributed by atoms with van der Waals surface area (Å²) >= 11 is 0. The van der Waals surface area contributed by atoms with E-state index < -0.39 is 10.0 Å². The van der Waals surface area contributed by atoms with Crippen molar-refractivity contribution in [3.8, 4) is 5.75 Å². The minimum absolute atomic E-state index is 0.106. The zero-order valence-corrected chi connectivity index (χ0v) is 12.6. The van der Waals surface area contributed by atoms with Gasteiger partial charge in [-0.3, -0.25) is 0 Å². The van der Waals surface area contributed by atoms with Crippen LogP contribution in [-0.2, 0) is 10.0 Å². The largest absolute Gasteiger partial charge is 0.495 e. The van der Waals surface area contributed by atoms with E-state index >= 15 is 0 Å². The van der Waals surface area contributed by atoms with Crippen molar-refractivity contribution in [1.29, 1.82) is 0 Å². The molecule has 0 atom stereocenters. The fraction of sp³-hybridized carbons (Fsp3) is 0.571. The summed E-state index contributed by atoms with van der Waals surface area (Å²) in [4.78, 5) is 0.106. The van der Waals surface area contributed by atoms with Gasteiger partial charge in [-0.25, -0.2) is 13.6 Å². The van der Waals surface area contributed by atoms with Crippen molar-refractivity contribution < 1.29 is 13.2 Å². The highest BCUT2D eigenvalue weighted by molar-refractivity contribution is 7.89. The zero-order valence-electron chi connectivity index (χ0n) is 11.8. The first kappa shape index (κ1) is 15.1. The Bertz CT molecular complexity index is 550. The van der Waals surface area contributed by atoms with Gasteiger partial charge in [0, 0.05) is 6.04 Å². The topological polar surface area (TPSA) is 81.4 Å². The molecule has 5 nitrogen and oxygen atoms in total. The maximum Gasteiger partial charge on any atom is 0.238 e. The highest BCUT2D eigenvalue weighted by Gasteiger charge is 2.16. The number of hydrogen-bond donors (Lipinski definition) is 2. The van der Waals surface area contributed by atoms with E-state index in [9.17, 15) is 8.42 Å². The first-order chi connectivity index (χ1) is 9.50. The van der Waals surface area contributed by atoms with E-state index in [1.807, 2.05) is 0 Å². The number of ether oxygens (including phenoxy) is 1. The molecular weight excluding hydrogens is 276 g/mol. The SMILES string of the molecule is COc1ccc(S(N)(=O)=O)cc1NC1CCCCCC1. The predicted octanol–water partition coefficient (Wildman–Crippen LogP) is 2.48. The van der Waals surface area contributed by atoms with Crippen LogP contribution in [0.15, 0.2) is 23.1 Å². The molecule has 1 fully saturated rings. The van der Waals surface area contributed by atoms with Crippen LogP contribution in [0, 0.1) is 0 Å². The monoisotopic (exact) mass is 298 g/mol. The Morgan fingerprint density at radius 1 is 1.20 bits per heavy atom. The number of nitrogens with one attached hydrogen (secondary N) is 1. The molecule has 1 aliphatic rings. The lowest BCUT2D eigenvalue weighted by Gasteiger charge is -2.20. The number of sulfonamides is 1. The maximum atomic E-state index is 11.4. The Morgan fingerprint density at radius 3 is 2.40 bits per heavy atom. The third-order valence-electron chi connectivity index (χ3n) is 3.71. The molecule has 0 amide bonds. The van der Waals surface area contributed by atoms with Crippen LogP contribution in [0.3, 0.4) is 0 Å². The minimum Gasteiger partial charge on any atom is -0.495 e. The molecule has 6 heteroatoms. The average Bonchev–Trinajstić information content (AvgIpc) is 2.66. The zero-order chi connectivity index (χ0) is 14.6. The molecule has 0 saturated heterocycles. The fourth-order valence-electron chi connectivity index (χ4n) is 2.62. The molecule has 1 aromatic carbocycles. The van der Waals surface area contributed by atoms with E-state index in [2.05, 4.69) is 5.32 Å². The third-order valence-corrected chi connectivity index (χ3v) is 4.63. The van der Waals surface area contributed by atoms with E-state index in [1.54, 1.807) is 19.2 Å². The van der Waals surface area contributed by atoms with Crippen molar-refractivity contribution in [2.24, 2.45) is 5.14 Å². The van der Waals surface area contributed by atoms with Crippen LogP contribution >= 0.6 is 0 Å².